The Morgan fingerprint density at radius 1 is 1.05 bits per heavy atom. The van der Waals surface area contributed by atoms with Gasteiger partial charge >= 0.3 is 5.97 Å². The summed E-state index contributed by atoms with van der Waals surface area (Å²) in [5.74, 6) is -1.73. The predicted octanol–water partition coefficient (Wildman–Crippen LogP) is 3.06. The van der Waals surface area contributed by atoms with E-state index < -0.39 is 22.6 Å². The summed E-state index contributed by atoms with van der Waals surface area (Å²) < 4.78 is 25.1. The second-order valence-corrected chi connectivity index (χ2v) is 5.40. The average Bonchev–Trinajstić information content (AvgIpc) is 2.45. The molecule has 0 fully saturated rings. The number of halogens is 1. The van der Waals surface area contributed by atoms with Crippen LogP contribution in [-0.4, -0.2) is 15.3 Å². The molecule has 0 aliphatic heterocycles. The van der Waals surface area contributed by atoms with Gasteiger partial charge in [-0.05, 0) is 35.9 Å². The maximum Gasteiger partial charge on any atom is 0.345 e. The average molecular weight is 290 g/mol. The summed E-state index contributed by atoms with van der Waals surface area (Å²) >= 11 is 0. The fourth-order valence-electron chi connectivity index (χ4n) is 1.58. The Labute approximate surface area is 117 Å². The first-order chi connectivity index (χ1) is 9.58. The van der Waals surface area contributed by atoms with Crippen LogP contribution in [0.25, 0.3) is 6.08 Å². The van der Waals surface area contributed by atoms with Gasteiger partial charge in [0.15, 0.2) is 0 Å². The Morgan fingerprint density at radius 3 is 2.20 bits per heavy atom. The molecule has 0 aliphatic carbocycles. The molecular formula is C15H11FO3S. The lowest BCUT2D eigenvalue weighted by Crippen LogP contribution is -2.07. The molecule has 5 heteroatoms. The van der Waals surface area contributed by atoms with Gasteiger partial charge in [0.25, 0.3) is 0 Å². The van der Waals surface area contributed by atoms with Gasteiger partial charge in [0.1, 0.15) is 10.7 Å². The summed E-state index contributed by atoms with van der Waals surface area (Å²) in [5, 5.41) is 9.19. The van der Waals surface area contributed by atoms with Gasteiger partial charge in [-0.25, -0.2) is 13.4 Å². The summed E-state index contributed by atoms with van der Waals surface area (Å²) in [6, 6.07) is 13.7. The van der Waals surface area contributed by atoms with Crippen molar-refractivity contribution in [3.63, 3.8) is 0 Å². The molecule has 1 atom stereocenters. The van der Waals surface area contributed by atoms with Crippen molar-refractivity contribution in [1.29, 1.82) is 0 Å². The number of carboxylic acid groups (broad SMARTS) is 1. The second-order valence-electron chi connectivity index (χ2n) is 3.95. The quantitative estimate of drug-likeness (QED) is 0.880. The van der Waals surface area contributed by atoms with Crippen LogP contribution in [-0.2, 0) is 15.6 Å². The van der Waals surface area contributed by atoms with Crippen molar-refractivity contribution >= 4 is 22.8 Å². The summed E-state index contributed by atoms with van der Waals surface area (Å²) in [5.41, 5.74) is 0.639. The minimum absolute atomic E-state index is 0.246. The van der Waals surface area contributed by atoms with Crippen molar-refractivity contribution in [1.82, 2.24) is 0 Å². The van der Waals surface area contributed by atoms with E-state index in [1.807, 2.05) is 0 Å². The smallest absolute Gasteiger partial charge is 0.345 e. The normalized spacial score (nSPS) is 12.9. The number of hydrogen-bond acceptors (Lipinski definition) is 2. The van der Waals surface area contributed by atoms with E-state index in [2.05, 4.69) is 0 Å². The first-order valence-corrected chi connectivity index (χ1v) is 6.90. The number of benzene rings is 2. The van der Waals surface area contributed by atoms with E-state index in [1.165, 1.54) is 18.2 Å². The van der Waals surface area contributed by atoms with Gasteiger partial charge < -0.3 is 5.11 Å². The highest BCUT2D eigenvalue weighted by Gasteiger charge is 2.17. The van der Waals surface area contributed by atoms with Crippen LogP contribution < -0.4 is 0 Å². The molecule has 0 spiro atoms. The third-order valence-electron chi connectivity index (χ3n) is 2.54. The zero-order valence-electron chi connectivity index (χ0n) is 10.3. The molecule has 0 saturated carbocycles. The zero-order valence-corrected chi connectivity index (χ0v) is 11.1. The third kappa shape index (κ3) is 3.39. The Balaban J connectivity index is 2.39. The van der Waals surface area contributed by atoms with Gasteiger partial charge in [-0.15, -0.1) is 0 Å². The molecule has 0 heterocycles. The van der Waals surface area contributed by atoms with Gasteiger partial charge in [0.2, 0.25) is 0 Å². The molecule has 2 aromatic carbocycles. The lowest BCUT2D eigenvalue weighted by atomic mass is 10.2. The van der Waals surface area contributed by atoms with E-state index in [0.717, 1.165) is 12.1 Å². The maximum absolute atomic E-state index is 12.8. The minimum Gasteiger partial charge on any atom is -0.477 e. The molecule has 1 unspecified atom stereocenters. The number of carboxylic acids is 1. The van der Waals surface area contributed by atoms with Crippen molar-refractivity contribution in [2.24, 2.45) is 0 Å². The van der Waals surface area contributed by atoms with Gasteiger partial charge in [-0.2, -0.15) is 0 Å². The Morgan fingerprint density at radius 2 is 1.65 bits per heavy atom. The third-order valence-corrected chi connectivity index (χ3v) is 3.93. The van der Waals surface area contributed by atoms with E-state index >= 15 is 0 Å². The molecular weight excluding hydrogens is 279 g/mol. The minimum atomic E-state index is -1.87. The first kappa shape index (κ1) is 14.1. The van der Waals surface area contributed by atoms with E-state index in [-0.39, 0.29) is 9.80 Å². The molecule has 0 radical (unpaired) electrons. The number of carbonyl (C=O) groups is 1. The summed E-state index contributed by atoms with van der Waals surface area (Å²) in [6.07, 6.45) is 1.35. The lowest BCUT2D eigenvalue weighted by molar-refractivity contribution is -0.131. The fourth-order valence-corrected chi connectivity index (χ4v) is 2.62. The van der Waals surface area contributed by atoms with Gasteiger partial charge in [0, 0.05) is 4.90 Å². The highest BCUT2D eigenvalue weighted by molar-refractivity contribution is 7.90. The molecule has 2 aromatic rings. The van der Waals surface area contributed by atoms with Crippen LogP contribution in [0.1, 0.15) is 5.56 Å². The Kier molecular flexibility index (Phi) is 4.42. The molecule has 0 saturated heterocycles. The second kappa shape index (κ2) is 6.25. The molecule has 3 nitrogen and oxygen atoms in total. The zero-order chi connectivity index (χ0) is 14.5. The molecule has 0 aliphatic rings. The topological polar surface area (TPSA) is 54.4 Å². The van der Waals surface area contributed by atoms with Crippen LogP contribution in [0.5, 0.6) is 0 Å². The molecule has 102 valence electrons. The highest BCUT2D eigenvalue weighted by Crippen LogP contribution is 2.18. The Bertz CT molecular complexity index is 663. The van der Waals surface area contributed by atoms with Gasteiger partial charge in [-0.1, -0.05) is 30.3 Å². The van der Waals surface area contributed by atoms with E-state index in [4.69, 9.17) is 0 Å². The van der Waals surface area contributed by atoms with Crippen LogP contribution in [0.4, 0.5) is 4.39 Å². The van der Waals surface area contributed by atoms with E-state index in [9.17, 15) is 18.5 Å². The monoisotopic (exact) mass is 290 g/mol. The van der Waals surface area contributed by atoms with Crippen LogP contribution in [0.15, 0.2) is 64.4 Å². The van der Waals surface area contributed by atoms with E-state index in [1.54, 1.807) is 30.3 Å². The van der Waals surface area contributed by atoms with Crippen molar-refractivity contribution in [3.8, 4) is 0 Å². The summed E-state index contributed by atoms with van der Waals surface area (Å²) in [6.45, 7) is 0. The summed E-state index contributed by atoms with van der Waals surface area (Å²) in [4.78, 5) is 11.2. The molecule has 0 bridgehead atoms. The van der Waals surface area contributed by atoms with Crippen molar-refractivity contribution < 1.29 is 18.5 Å². The van der Waals surface area contributed by atoms with Gasteiger partial charge in [0.05, 0.1) is 10.8 Å². The number of hydrogen-bond donors (Lipinski definition) is 1. The first-order valence-electron chi connectivity index (χ1n) is 5.75. The number of rotatable bonds is 4. The summed E-state index contributed by atoms with van der Waals surface area (Å²) in [7, 11) is -1.87. The molecule has 0 aromatic heterocycles. The van der Waals surface area contributed by atoms with Crippen LogP contribution in [0, 0.1) is 5.82 Å². The maximum atomic E-state index is 12.8. The fraction of sp³-hybridized carbons (Fsp3) is 0. The van der Waals surface area contributed by atoms with Crippen LogP contribution in [0.2, 0.25) is 0 Å². The largest absolute Gasteiger partial charge is 0.477 e. The van der Waals surface area contributed by atoms with Crippen molar-refractivity contribution in [2.45, 2.75) is 4.90 Å². The molecule has 2 rings (SSSR count). The molecule has 20 heavy (non-hydrogen) atoms. The highest BCUT2D eigenvalue weighted by atomic mass is 32.2. The standard InChI is InChI=1S/C15H11FO3S/c16-12-6-8-13(9-7-12)20(19)14(15(17)18)10-11-4-2-1-3-5-11/h1-10H,(H,17,18)/b14-10-. The lowest BCUT2D eigenvalue weighted by Gasteiger charge is -2.03. The van der Waals surface area contributed by atoms with E-state index in [0.29, 0.717) is 5.56 Å². The predicted molar refractivity (Wildman–Crippen MR) is 74.9 cm³/mol. The SMILES string of the molecule is O=C(O)/C(=C/c1ccccc1)S(=O)c1ccc(F)cc1. The van der Waals surface area contributed by atoms with Crippen LogP contribution >= 0.6 is 0 Å². The Hall–Kier alpha value is -2.27. The number of aliphatic carboxylic acids is 1. The molecule has 0 amide bonds. The van der Waals surface area contributed by atoms with Gasteiger partial charge in [-0.3, -0.25) is 0 Å². The van der Waals surface area contributed by atoms with Crippen LogP contribution in [0.3, 0.4) is 0 Å². The van der Waals surface area contributed by atoms with Crippen molar-refractivity contribution in [3.05, 3.63) is 70.9 Å². The van der Waals surface area contributed by atoms with Crippen molar-refractivity contribution in [2.75, 3.05) is 0 Å². The molecule has 1 N–H and O–H groups in total.